The number of hydrogen-bond donors (Lipinski definition) is 1. The summed E-state index contributed by atoms with van der Waals surface area (Å²) in [6.07, 6.45) is 0. The number of rotatable bonds is 6. The third kappa shape index (κ3) is 4.08. The Morgan fingerprint density at radius 1 is 1.45 bits per heavy atom. The molecule has 0 radical (unpaired) electrons. The summed E-state index contributed by atoms with van der Waals surface area (Å²) in [5, 5.41) is 6.50. The number of anilines is 1. The lowest BCUT2D eigenvalue weighted by Gasteiger charge is -2.23. The van der Waals surface area contributed by atoms with Gasteiger partial charge in [0.1, 0.15) is 11.5 Å². The minimum Gasteiger partial charge on any atom is -0.497 e. The second-order valence-corrected chi connectivity index (χ2v) is 5.25. The van der Waals surface area contributed by atoms with E-state index in [1.54, 1.807) is 20.1 Å². The minimum absolute atomic E-state index is 0.126. The predicted molar refractivity (Wildman–Crippen MR) is 83.8 cm³/mol. The van der Waals surface area contributed by atoms with Crippen molar-refractivity contribution in [3.63, 3.8) is 0 Å². The summed E-state index contributed by atoms with van der Waals surface area (Å²) in [6.45, 7) is 4.27. The average Bonchev–Trinajstić information content (AvgIpc) is 2.91. The number of carbonyl (C=O) groups excluding carboxylic acids is 1. The van der Waals surface area contributed by atoms with Gasteiger partial charge in [0.05, 0.1) is 13.2 Å². The van der Waals surface area contributed by atoms with Gasteiger partial charge in [-0.25, -0.2) is 0 Å². The summed E-state index contributed by atoms with van der Waals surface area (Å²) >= 11 is 0. The molecule has 1 aromatic heterocycles. The summed E-state index contributed by atoms with van der Waals surface area (Å²) in [4.78, 5) is 14.2. The molecule has 0 fully saturated rings. The number of nitrogens with zero attached hydrogens (tertiary/aromatic N) is 2. The van der Waals surface area contributed by atoms with Gasteiger partial charge in [-0.1, -0.05) is 17.3 Å². The fourth-order valence-electron chi connectivity index (χ4n) is 2.05. The maximum Gasteiger partial charge on any atom is 0.242 e. The molecular formula is C16H21N3O3. The number of benzene rings is 1. The zero-order valence-corrected chi connectivity index (χ0v) is 13.3. The zero-order chi connectivity index (χ0) is 16.1. The Kier molecular flexibility index (Phi) is 5.16. The second-order valence-electron chi connectivity index (χ2n) is 5.25. The first-order valence-corrected chi connectivity index (χ1v) is 7.07. The highest BCUT2D eigenvalue weighted by Crippen LogP contribution is 2.15. The van der Waals surface area contributed by atoms with Crippen LogP contribution in [0.15, 0.2) is 34.9 Å². The van der Waals surface area contributed by atoms with Crippen LogP contribution < -0.4 is 10.1 Å². The van der Waals surface area contributed by atoms with Crippen LogP contribution in [0.1, 0.15) is 18.2 Å². The van der Waals surface area contributed by atoms with E-state index in [-0.39, 0.29) is 11.9 Å². The van der Waals surface area contributed by atoms with Crippen molar-refractivity contribution in [1.29, 1.82) is 0 Å². The first-order chi connectivity index (χ1) is 10.5. The molecule has 1 heterocycles. The molecule has 0 aliphatic heterocycles. The fourth-order valence-corrected chi connectivity index (χ4v) is 2.05. The highest BCUT2D eigenvalue weighted by atomic mass is 16.5. The molecule has 1 N–H and O–H groups in total. The third-order valence-corrected chi connectivity index (χ3v) is 3.49. The van der Waals surface area contributed by atoms with Crippen molar-refractivity contribution in [3.05, 3.63) is 41.7 Å². The molecule has 0 saturated carbocycles. The SMILES string of the molecule is COc1cccc(CN(C)C(C)C(=O)Nc2cc(C)on2)c1. The molecule has 0 bridgehead atoms. The van der Waals surface area contributed by atoms with Crippen molar-refractivity contribution in [2.24, 2.45) is 0 Å². The normalized spacial score (nSPS) is 12.2. The van der Waals surface area contributed by atoms with Crippen molar-refractivity contribution in [1.82, 2.24) is 10.1 Å². The van der Waals surface area contributed by atoms with Gasteiger partial charge in [-0.3, -0.25) is 9.69 Å². The summed E-state index contributed by atoms with van der Waals surface area (Å²) in [6, 6.07) is 9.18. The number of carbonyl (C=O) groups is 1. The Labute approximate surface area is 130 Å². The Hall–Kier alpha value is -2.34. The molecular weight excluding hydrogens is 282 g/mol. The van der Waals surface area contributed by atoms with Crippen LogP contribution in [0.3, 0.4) is 0 Å². The number of amides is 1. The zero-order valence-electron chi connectivity index (χ0n) is 13.3. The lowest BCUT2D eigenvalue weighted by Crippen LogP contribution is -2.39. The van der Waals surface area contributed by atoms with Crippen LogP contribution in [0.4, 0.5) is 5.82 Å². The minimum atomic E-state index is -0.303. The smallest absolute Gasteiger partial charge is 0.242 e. The molecule has 1 amide bonds. The van der Waals surface area contributed by atoms with Gasteiger partial charge in [0, 0.05) is 12.6 Å². The molecule has 1 aromatic carbocycles. The quantitative estimate of drug-likeness (QED) is 0.888. The number of methoxy groups -OCH3 is 1. The average molecular weight is 303 g/mol. The monoisotopic (exact) mass is 303 g/mol. The number of nitrogens with one attached hydrogen (secondary N) is 1. The molecule has 0 aliphatic carbocycles. The van der Waals surface area contributed by atoms with Gasteiger partial charge in [-0.2, -0.15) is 0 Å². The third-order valence-electron chi connectivity index (χ3n) is 3.49. The first kappa shape index (κ1) is 16.0. The van der Waals surface area contributed by atoms with Crippen LogP contribution in [0.2, 0.25) is 0 Å². The topological polar surface area (TPSA) is 67.6 Å². The van der Waals surface area contributed by atoms with E-state index >= 15 is 0 Å². The van der Waals surface area contributed by atoms with E-state index < -0.39 is 0 Å². The fraction of sp³-hybridized carbons (Fsp3) is 0.375. The number of aromatic nitrogens is 1. The molecule has 1 atom stereocenters. The number of aryl methyl sites for hydroxylation is 1. The largest absolute Gasteiger partial charge is 0.497 e. The van der Waals surface area contributed by atoms with Crippen molar-refractivity contribution in [3.8, 4) is 5.75 Å². The van der Waals surface area contributed by atoms with Crippen LogP contribution in [0.5, 0.6) is 5.75 Å². The predicted octanol–water partition coefficient (Wildman–Crippen LogP) is 2.45. The lowest BCUT2D eigenvalue weighted by atomic mass is 10.1. The molecule has 0 saturated heterocycles. The lowest BCUT2D eigenvalue weighted by molar-refractivity contribution is -0.120. The van der Waals surface area contributed by atoms with Crippen molar-refractivity contribution in [2.75, 3.05) is 19.5 Å². The van der Waals surface area contributed by atoms with Crippen molar-refractivity contribution < 1.29 is 14.1 Å². The van der Waals surface area contributed by atoms with Crippen molar-refractivity contribution >= 4 is 11.7 Å². The molecule has 0 aliphatic rings. The van der Waals surface area contributed by atoms with Gasteiger partial charge in [0.25, 0.3) is 0 Å². The van der Waals surface area contributed by atoms with Crippen LogP contribution in [0.25, 0.3) is 0 Å². The molecule has 0 spiro atoms. The van der Waals surface area contributed by atoms with Gasteiger partial charge in [0.2, 0.25) is 5.91 Å². The van der Waals surface area contributed by atoms with Gasteiger partial charge < -0.3 is 14.6 Å². The van der Waals surface area contributed by atoms with Gasteiger partial charge in [0.15, 0.2) is 5.82 Å². The number of hydrogen-bond acceptors (Lipinski definition) is 5. The van der Waals surface area contributed by atoms with E-state index in [0.29, 0.717) is 18.1 Å². The first-order valence-electron chi connectivity index (χ1n) is 7.07. The Bertz CT molecular complexity index is 639. The van der Waals surface area contributed by atoms with E-state index in [4.69, 9.17) is 9.26 Å². The maximum absolute atomic E-state index is 12.2. The molecule has 2 rings (SSSR count). The van der Waals surface area contributed by atoms with Crippen LogP contribution in [-0.4, -0.2) is 36.2 Å². The highest BCUT2D eigenvalue weighted by molar-refractivity contribution is 5.93. The standard InChI is InChI=1S/C16H21N3O3/c1-11-8-15(18-22-11)17-16(20)12(2)19(3)10-13-6-5-7-14(9-13)21-4/h5-9,12H,10H2,1-4H3,(H,17,18,20). The van der Waals surface area contributed by atoms with Crippen molar-refractivity contribution in [2.45, 2.75) is 26.4 Å². The maximum atomic E-state index is 12.2. The molecule has 1 unspecified atom stereocenters. The Morgan fingerprint density at radius 2 is 2.23 bits per heavy atom. The van der Waals surface area contributed by atoms with E-state index in [2.05, 4.69) is 10.5 Å². The van der Waals surface area contributed by atoms with E-state index in [0.717, 1.165) is 11.3 Å². The Balaban J connectivity index is 1.95. The van der Waals surface area contributed by atoms with Gasteiger partial charge in [-0.05, 0) is 38.6 Å². The summed E-state index contributed by atoms with van der Waals surface area (Å²) in [5.41, 5.74) is 1.08. The van der Waals surface area contributed by atoms with E-state index in [1.807, 2.05) is 43.1 Å². The van der Waals surface area contributed by atoms with Crippen LogP contribution >= 0.6 is 0 Å². The van der Waals surface area contributed by atoms with Gasteiger partial charge in [-0.15, -0.1) is 0 Å². The van der Waals surface area contributed by atoms with E-state index in [9.17, 15) is 4.79 Å². The molecule has 118 valence electrons. The number of ether oxygens (including phenoxy) is 1. The summed E-state index contributed by atoms with van der Waals surface area (Å²) in [5.74, 6) is 1.77. The summed E-state index contributed by atoms with van der Waals surface area (Å²) in [7, 11) is 3.54. The van der Waals surface area contributed by atoms with E-state index in [1.165, 1.54) is 0 Å². The summed E-state index contributed by atoms with van der Waals surface area (Å²) < 4.78 is 10.1. The molecule has 2 aromatic rings. The van der Waals surface area contributed by atoms with Crippen LogP contribution in [-0.2, 0) is 11.3 Å². The Morgan fingerprint density at radius 3 is 2.86 bits per heavy atom. The van der Waals surface area contributed by atoms with Crippen LogP contribution in [0, 0.1) is 6.92 Å². The second kappa shape index (κ2) is 7.09. The molecule has 6 heteroatoms. The van der Waals surface area contributed by atoms with Gasteiger partial charge >= 0.3 is 0 Å². The number of likely N-dealkylation sites (N-methyl/N-ethyl adjacent to an activating group) is 1. The highest BCUT2D eigenvalue weighted by Gasteiger charge is 2.19. The molecule has 22 heavy (non-hydrogen) atoms. The molecule has 6 nitrogen and oxygen atoms in total.